The Bertz CT molecular complexity index is 216. The van der Waals surface area contributed by atoms with Gasteiger partial charge in [-0.3, -0.25) is 0 Å². The van der Waals surface area contributed by atoms with Gasteiger partial charge in [-0.2, -0.15) is 0 Å². The highest BCUT2D eigenvalue weighted by atomic mass is 32.2. The lowest BCUT2D eigenvalue weighted by atomic mass is 10.7. The molecule has 0 aromatic rings. The Hall–Kier alpha value is -0.170. The lowest BCUT2D eigenvalue weighted by Gasteiger charge is -2.16. The number of methoxy groups -OCH3 is 1. The highest BCUT2D eigenvalue weighted by Crippen LogP contribution is 1.96. The summed E-state index contributed by atoms with van der Waals surface area (Å²) in [4.78, 5) is 0. The van der Waals surface area contributed by atoms with Crippen LogP contribution in [0, 0.1) is 0 Å². The predicted octanol–water partition coefficient (Wildman–Crippen LogP) is -0.886. The summed E-state index contributed by atoms with van der Waals surface area (Å²) < 4.78 is 29.0. The number of hydrogen-bond donors (Lipinski definition) is 1. The quantitative estimate of drug-likeness (QED) is 0.592. The molecule has 0 aromatic heterocycles. The summed E-state index contributed by atoms with van der Waals surface area (Å²) in [6.45, 7) is 1.30. The molecule has 13 heavy (non-hydrogen) atoms. The van der Waals surface area contributed by atoms with Crippen LogP contribution in [-0.4, -0.2) is 59.4 Å². The maximum Gasteiger partial charge on any atom is 0.215 e. The normalized spacial score (nSPS) is 12.3. The van der Waals surface area contributed by atoms with E-state index in [1.54, 1.807) is 21.2 Å². The molecular formula is C7H18N2O3S. The van der Waals surface area contributed by atoms with Crippen molar-refractivity contribution in [2.24, 2.45) is 0 Å². The molecule has 0 atom stereocenters. The van der Waals surface area contributed by atoms with Gasteiger partial charge in [0.1, 0.15) is 0 Å². The van der Waals surface area contributed by atoms with Gasteiger partial charge >= 0.3 is 0 Å². The summed E-state index contributed by atoms with van der Waals surface area (Å²) >= 11 is 0. The standard InChI is InChI=1S/C7H18N2O3S/c1-8-4-7-13(10,11)9(2)5-6-12-3/h8H,4-7H2,1-3H3. The molecule has 0 radical (unpaired) electrons. The first-order chi connectivity index (χ1) is 6.04. The molecule has 0 aliphatic heterocycles. The molecule has 0 bridgehead atoms. The average Bonchev–Trinajstić information content (AvgIpc) is 2.10. The first-order valence-corrected chi connectivity index (χ1v) is 5.73. The molecule has 0 spiro atoms. The van der Waals surface area contributed by atoms with Gasteiger partial charge in [0.05, 0.1) is 12.4 Å². The van der Waals surface area contributed by atoms with E-state index in [4.69, 9.17) is 4.74 Å². The van der Waals surface area contributed by atoms with Crippen LogP contribution < -0.4 is 5.32 Å². The fourth-order valence-electron chi connectivity index (χ4n) is 0.746. The first-order valence-electron chi connectivity index (χ1n) is 4.12. The van der Waals surface area contributed by atoms with Crippen molar-refractivity contribution in [3.8, 4) is 0 Å². The minimum absolute atomic E-state index is 0.129. The third kappa shape index (κ3) is 5.20. The molecule has 0 saturated carbocycles. The topological polar surface area (TPSA) is 58.6 Å². The molecule has 6 heteroatoms. The summed E-state index contributed by atoms with van der Waals surface area (Å²) in [6, 6.07) is 0. The monoisotopic (exact) mass is 210 g/mol. The Morgan fingerprint density at radius 1 is 1.46 bits per heavy atom. The zero-order valence-corrected chi connectivity index (χ0v) is 9.23. The summed E-state index contributed by atoms with van der Waals surface area (Å²) in [7, 11) is 1.73. The van der Waals surface area contributed by atoms with Gasteiger partial charge < -0.3 is 10.1 Å². The van der Waals surface area contributed by atoms with E-state index in [0.29, 0.717) is 19.7 Å². The molecule has 0 saturated heterocycles. The summed E-state index contributed by atoms with van der Waals surface area (Å²) in [5.74, 6) is 0.129. The third-order valence-corrected chi connectivity index (χ3v) is 3.55. The van der Waals surface area contributed by atoms with Crippen molar-refractivity contribution in [3.63, 3.8) is 0 Å². The number of nitrogens with one attached hydrogen (secondary N) is 1. The SMILES string of the molecule is CNCCS(=O)(=O)N(C)CCOC. The van der Waals surface area contributed by atoms with Gasteiger partial charge in [0.25, 0.3) is 0 Å². The van der Waals surface area contributed by atoms with E-state index in [0.717, 1.165) is 0 Å². The zero-order chi connectivity index (χ0) is 10.3. The van der Waals surface area contributed by atoms with Crippen LogP contribution in [0.4, 0.5) is 0 Å². The van der Waals surface area contributed by atoms with Crippen LogP contribution in [-0.2, 0) is 14.8 Å². The van der Waals surface area contributed by atoms with Crippen molar-refractivity contribution in [1.82, 2.24) is 9.62 Å². The first kappa shape index (κ1) is 12.8. The zero-order valence-electron chi connectivity index (χ0n) is 8.41. The Morgan fingerprint density at radius 2 is 2.08 bits per heavy atom. The van der Waals surface area contributed by atoms with Crippen molar-refractivity contribution in [3.05, 3.63) is 0 Å². The molecule has 0 aliphatic rings. The van der Waals surface area contributed by atoms with E-state index >= 15 is 0 Å². The van der Waals surface area contributed by atoms with E-state index < -0.39 is 10.0 Å². The second-order valence-corrected chi connectivity index (χ2v) is 4.93. The van der Waals surface area contributed by atoms with Gasteiger partial charge in [-0.05, 0) is 7.05 Å². The van der Waals surface area contributed by atoms with Crippen LogP contribution in [0.15, 0.2) is 0 Å². The fraction of sp³-hybridized carbons (Fsp3) is 1.00. The number of rotatable bonds is 7. The van der Waals surface area contributed by atoms with Gasteiger partial charge in [-0.1, -0.05) is 0 Å². The van der Waals surface area contributed by atoms with Gasteiger partial charge in [0.15, 0.2) is 0 Å². The Labute approximate surface area is 80.1 Å². The van der Waals surface area contributed by atoms with E-state index in [1.807, 2.05) is 0 Å². The molecular weight excluding hydrogens is 192 g/mol. The number of likely N-dealkylation sites (N-methyl/N-ethyl adjacent to an activating group) is 1. The predicted molar refractivity (Wildman–Crippen MR) is 52.2 cm³/mol. The van der Waals surface area contributed by atoms with Crippen LogP contribution in [0.2, 0.25) is 0 Å². The van der Waals surface area contributed by atoms with E-state index in [1.165, 1.54) is 4.31 Å². The minimum atomic E-state index is -3.10. The molecule has 1 N–H and O–H groups in total. The van der Waals surface area contributed by atoms with Crippen LogP contribution in [0.25, 0.3) is 0 Å². The lowest BCUT2D eigenvalue weighted by molar-refractivity contribution is 0.185. The second-order valence-electron chi connectivity index (χ2n) is 2.73. The number of hydrogen-bond acceptors (Lipinski definition) is 4. The highest BCUT2D eigenvalue weighted by molar-refractivity contribution is 7.89. The smallest absolute Gasteiger partial charge is 0.215 e. The Morgan fingerprint density at radius 3 is 2.54 bits per heavy atom. The van der Waals surface area contributed by atoms with Gasteiger partial charge in [0, 0.05) is 27.2 Å². The highest BCUT2D eigenvalue weighted by Gasteiger charge is 2.15. The molecule has 0 unspecified atom stereocenters. The summed E-state index contributed by atoms with van der Waals surface area (Å²) in [5, 5.41) is 2.80. The van der Waals surface area contributed by atoms with Gasteiger partial charge in [-0.25, -0.2) is 12.7 Å². The van der Waals surface area contributed by atoms with Crippen molar-refractivity contribution in [2.45, 2.75) is 0 Å². The molecule has 0 rings (SSSR count). The largest absolute Gasteiger partial charge is 0.383 e. The molecule has 0 fully saturated rings. The molecule has 0 aromatic carbocycles. The van der Waals surface area contributed by atoms with Crippen LogP contribution in [0.3, 0.4) is 0 Å². The van der Waals surface area contributed by atoms with E-state index in [2.05, 4.69) is 5.32 Å². The third-order valence-electron chi connectivity index (χ3n) is 1.70. The molecule has 0 heterocycles. The number of nitrogens with zero attached hydrogens (tertiary/aromatic N) is 1. The fourth-order valence-corrected chi connectivity index (χ4v) is 1.87. The number of ether oxygens (including phenoxy) is 1. The maximum absolute atomic E-state index is 11.4. The van der Waals surface area contributed by atoms with E-state index in [-0.39, 0.29) is 5.75 Å². The molecule has 5 nitrogen and oxygen atoms in total. The average molecular weight is 210 g/mol. The second kappa shape index (κ2) is 6.31. The molecule has 80 valence electrons. The van der Waals surface area contributed by atoms with Crippen LogP contribution in [0.5, 0.6) is 0 Å². The van der Waals surface area contributed by atoms with Crippen molar-refractivity contribution < 1.29 is 13.2 Å². The van der Waals surface area contributed by atoms with E-state index in [9.17, 15) is 8.42 Å². The Kier molecular flexibility index (Phi) is 6.23. The number of sulfonamides is 1. The summed E-state index contributed by atoms with van der Waals surface area (Å²) in [5.41, 5.74) is 0. The van der Waals surface area contributed by atoms with Crippen molar-refractivity contribution in [1.29, 1.82) is 0 Å². The summed E-state index contributed by atoms with van der Waals surface area (Å²) in [6.07, 6.45) is 0. The van der Waals surface area contributed by atoms with Crippen molar-refractivity contribution >= 4 is 10.0 Å². The van der Waals surface area contributed by atoms with Crippen LogP contribution in [0.1, 0.15) is 0 Å². The van der Waals surface area contributed by atoms with Gasteiger partial charge in [-0.15, -0.1) is 0 Å². The molecule has 0 amide bonds. The minimum Gasteiger partial charge on any atom is -0.383 e. The Balaban J connectivity index is 3.96. The van der Waals surface area contributed by atoms with Crippen molar-refractivity contribution in [2.75, 3.05) is 46.7 Å². The lowest BCUT2D eigenvalue weighted by Crippen LogP contribution is -2.34. The maximum atomic E-state index is 11.4. The van der Waals surface area contributed by atoms with Crippen LogP contribution >= 0.6 is 0 Å². The molecule has 0 aliphatic carbocycles. The van der Waals surface area contributed by atoms with Gasteiger partial charge in [0.2, 0.25) is 10.0 Å².